The maximum atomic E-state index is 10.7. The Morgan fingerprint density at radius 2 is 2.23 bits per heavy atom. The molecule has 0 spiro atoms. The highest BCUT2D eigenvalue weighted by molar-refractivity contribution is 5.95. The van der Waals surface area contributed by atoms with E-state index in [9.17, 15) is 9.59 Å². The minimum Gasteiger partial charge on any atom is -0.480 e. The highest BCUT2D eigenvalue weighted by Crippen LogP contribution is 2.00. The summed E-state index contributed by atoms with van der Waals surface area (Å²) in [5.74, 6) is 0.0916. The van der Waals surface area contributed by atoms with Gasteiger partial charge < -0.3 is 10.4 Å². The maximum absolute atomic E-state index is 10.7. The van der Waals surface area contributed by atoms with Gasteiger partial charge in [-0.25, -0.2) is 4.79 Å². The van der Waals surface area contributed by atoms with Gasteiger partial charge in [0.15, 0.2) is 0 Å². The van der Waals surface area contributed by atoms with Gasteiger partial charge in [0.25, 0.3) is 5.91 Å². The molecule has 0 fully saturated rings. The van der Waals surface area contributed by atoms with Gasteiger partial charge in [0.2, 0.25) is 0 Å². The largest absolute Gasteiger partial charge is 0.480 e. The number of carbonyl (C=O) groups excluding carboxylic acids is 1. The summed E-state index contributed by atoms with van der Waals surface area (Å²) in [6, 6.07) is -0.858. The quantitative estimate of drug-likeness (QED) is 0.605. The molecule has 0 radical (unpaired) electrons. The first-order chi connectivity index (χ1) is 6.11. The van der Waals surface area contributed by atoms with Gasteiger partial charge in [-0.05, 0) is 12.3 Å². The Bertz CT molecular complexity index is 230. The summed E-state index contributed by atoms with van der Waals surface area (Å²) < 4.78 is 0. The first-order valence-corrected chi connectivity index (χ1v) is 4.11. The molecule has 4 nitrogen and oxygen atoms in total. The van der Waals surface area contributed by atoms with Crippen molar-refractivity contribution in [1.82, 2.24) is 5.32 Å². The molecule has 0 heterocycles. The molecule has 1 atom stereocenters. The highest BCUT2D eigenvalue weighted by Gasteiger charge is 2.17. The van der Waals surface area contributed by atoms with Gasteiger partial charge in [-0.2, -0.15) is 0 Å². The second kappa shape index (κ2) is 6.06. The minimum absolute atomic E-state index is 0.416. The van der Waals surface area contributed by atoms with Crippen LogP contribution in [0.15, 0.2) is 0 Å². The molecule has 0 rings (SSSR count). The van der Waals surface area contributed by atoms with Crippen LogP contribution in [0.2, 0.25) is 0 Å². The number of carbonyl (C=O) groups is 2. The monoisotopic (exact) mass is 183 g/mol. The van der Waals surface area contributed by atoms with Crippen molar-refractivity contribution in [2.75, 3.05) is 0 Å². The Hall–Kier alpha value is -1.50. The van der Waals surface area contributed by atoms with Gasteiger partial charge >= 0.3 is 5.97 Å². The molecule has 2 N–H and O–H groups in total. The van der Waals surface area contributed by atoms with Crippen LogP contribution >= 0.6 is 0 Å². The number of aliphatic carboxylic acids is 1. The van der Waals surface area contributed by atoms with Gasteiger partial charge in [0, 0.05) is 0 Å². The van der Waals surface area contributed by atoms with E-state index in [0.717, 1.165) is 12.8 Å². The topological polar surface area (TPSA) is 66.4 Å². The smallest absolute Gasteiger partial charge is 0.326 e. The van der Waals surface area contributed by atoms with Gasteiger partial charge in [-0.3, -0.25) is 4.79 Å². The molecule has 0 aromatic rings. The fourth-order valence-corrected chi connectivity index (χ4v) is 0.866. The van der Waals surface area contributed by atoms with Gasteiger partial charge in [-0.15, -0.1) is 6.42 Å². The van der Waals surface area contributed by atoms with Crippen molar-refractivity contribution in [3.63, 3.8) is 0 Å². The zero-order valence-electron chi connectivity index (χ0n) is 7.54. The molecular formula is C9H13NO3. The molecule has 1 amide bonds. The average Bonchev–Trinajstić information content (AvgIpc) is 2.11. The molecule has 0 aliphatic heterocycles. The first kappa shape index (κ1) is 11.5. The number of carboxylic acid groups (broad SMARTS) is 1. The van der Waals surface area contributed by atoms with E-state index in [0.29, 0.717) is 6.42 Å². The van der Waals surface area contributed by atoms with Gasteiger partial charge in [0.1, 0.15) is 6.04 Å². The van der Waals surface area contributed by atoms with E-state index >= 15 is 0 Å². The fraction of sp³-hybridized carbons (Fsp3) is 0.556. The molecule has 0 aromatic carbocycles. The van der Waals surface area contributed by atoms with E-state index in [1.165, 1.54) is 0 Å². The first-order valence-electron chi connectivity index (χ1n) is 4.11. The van der Waals surface area contributed by atoms with Crippen LogP contribution in [0.4, 0.5) is 0 Å². The van der Waals surface area contributed by atoms with E-state index in [4.69, 9.17) is 11.5 Å². The molecule has 0 aromatic heterocycles. The fourth-order valence-electron chi connectivity index (χ4n) is 0.866. The van der Waals surface area contributed by atoms with Gasteiger partial charge in [-0.1, -0.05) is 19.8 Å². The number of carboxylic acids is 1. The third-order valence-electron chi connectivity index (χ3n) is 1.58. The van der Waals surface area contributed by atoms with Crippen molar-refractivity contribution >= 4 is 11.9 Å². The Labute approximate surface area is 77.3 Å². The number of unbranched alkanes of at least 4 members (excludes halogenated alkanes) is 1. The number of nitrogens with one attached hydrogen (secondary N) is 1. The van der Waals surface area contributed by atoms with Crippen LogP contribution in [0.1, 0.15) is 26.2 Å². The number of hydrogen-bond donors (Lipinski definition) is 2. The van der Waals surface area contributed by atoms with Crippen LogP contribution in [-0.4, -0.2) is 23.0 Å². The second-order valence-corrected chi connectivity index (χ2v) is 2.65. The van der Waals surface area contributed by atoms with Crippen molar-refractivity contribution in [2.45, 2.75) is 32.2 Å². The summed E-state index contributed by atoms with van der Waals surface area (Å²) in [6.07, 6.45) is 6.85. The molecule has 4 heteroatoms. The highest BCUT2D eigenvalue weighted by atomic mass is 16.4. The van der Waals surface area contributed by atoms with E-state index in [1.807, 2.05) is 12.8 Å². The van der Waals surface area contributed by atoms with Crippen LogP contribution in [0, 0.1) is 12.3 Å². The van der Waals surface area contributed by atoms with Crippen molar-refractivity contribution in [1.29, 1.82) is 0 Å². The van der Waals surface area contributed by atoms with E-state index in [2.05, 4.69) is 5.32 Å². The summed E-state index contributed by atoms with van der Waals surface area (Å²) in [6.45, 7) is 1.95. The second-order valence-electron chi connectivity index (χ2n) is 2.65. The van der Waals surface area contributed by atoms with Crippen molar-refractivity contribution < 1.29 is 14.7 Å². The van der Waals surface area contributed by atoms with Crippen LogP contribution in [0.25, 0.3) is 0 Å². The maximum Gasteiger partial charge on any atom is 0.326 e. The molecule has 13 heavy (non-hydrogen) atoms. The minimum atomic E-state index is -1.04. The standard InChI is InChI=1S/C9H13NO3/c1-3-5-6-7(9(12)13)10-8(11)4-2/h2,7H,3,5-6H2,1H3,(H,10,11)(H,12,13). The van der Waals surface area contributed by atoms with E-state index in [-0.39, 0.29) is 0 Å². The lowest BCUT2D eigenvalue weighted by Gasteiger charge is -2.11. The Kier molecular flexibility index (Phi) is 5.37. The molecule has 0 aliphatic carbocycles. The molecule has 0 saturated heterocycles. The number of terminal acetylenes is 1. The Balaban J connectivity index is 4.04. The van der Waals surface area contributed by atoms with Crippen molar-refractivity contribution in [3.05, 3.63) is 0 Å². The van der Waals surface area contributed by atoms with Crippen LogP contribution < -0.4 is 5.32 Å². The molecule has 1 unspecified atom stereocenters. The van der Waals surface area contributed by atoms with Crippen molar-refractivity contribution in [2.24, 2.45) is 0 Å². The third-order valence-corrected chi connectivity index (χ3v) is 1.58. The third kappa shape index (κ3) is 4.86. The van der Waals surface area contributed by atoms with E-state index < -0.39 is 17.9 Å². The molecule has 0 aliphatic rings. The zero-order chi connectivity index (χ0) is 10.3. The lowest BCUT2D eigenvalue weighted by molar-refractivity contribution is -0.141. The predicted molar refractivity (Wildman–Crippen MR) is 47.9 cm³/mol. The van der Waals surface area contributed by atoms with Crippen LogP contribution in [0.5, 0.6) is 0 Å². The molecule has 0 bridgehead atoms. The molecule has 72 valence electrons. The normalized spacial score (nSPS) is 11.4. The van der Waals surface area contributed by atoms with E-state index in [1.54, 1.807) is 0 Å². The lowest BCUT2D eigenvalue weighted by atomic mass is 10.1. The summed E-state index contributed by atoms with van der Waals surface area (Å²) in [4.78, 5) is 21.3. The SMILES string of the molecule is C#CC(=O)NC(CCCC)C(=O)O. The Morgan fingerprint density at radius 3 is 2.62 bits per heavy atom. The predicted octanol–water partition coefficient (Wildman–Crippen LogP) is 0.379. The zero-order valence-corrected chi connectivity index (χ0v) is 7.54. The number of hydrogen-bond acceptors (Lipinski definition) is 2. The Morgan fingerprint density at radius 1 is 1.62 bits per heavy atom. The lowest BCUT2D eigenvalue weighted by Crippen LogP contribution is -2.40. The summed E-state index contributed by atoms with van der Waals surface area (Å²) in [7, 11) is 0. The summed E-state index contributed by atoms with van der Waals surface area (Å²) in [5, 5.41) is 10.9. The summed E-state index contributed by atoms with van der Waals surface area (Å²) >= 11 is 0. The average molecular weight is 183 g/mol. The van der Waals surface area contributed by atoms with Crippen molar-refractivity contribution in [3.8, 4) is 12.3 Å². The molecular weight excluding hydrogens is 170 g/mol. The van der Waals surface area contributed by atoms with Gasteiger partial charge in [0.05, 0.1) is 0 Å². The number of amides is 1. The number of rotatable bonds is 5. The van der Waals surface area contributed by atoms with Crippen LogP contribution in [0.3, 0.4) is 0 Å². The summed E-state index contributed by atoms with van der Waals surface area (Å²) in [5.41, 5.74) is 0. The van der Waals surface area contributed by atoms with Crippen LogP contribution in [-0.2, 0) is 9.59 Å². The molecule has 0 saturated carbocycles.